The van der Waals surface area contributed by atoms with E-state index in [9.17, 15) is 0 Å². The summed E-state index contributed by atoms with van der Waals surface area (Å²) in [5.41, 5.74) is 0. The van der Waals surface area contributed by atoms with Crippen LogP contribution in [0.2, 0.25) is 0 Å². The molecule has 19 heavy (non-hydrogen) atoms. The van der Waals surface area contributed by atoms with Crippen molar-refractivity contribution >= 4 is 0 Å². The Morgan fingerprint density at radius 2 is 0.947 bits per heavy atom. The highest BCUT2D eigenvalue weighted by atomic mass is 16.5. The molecular formula is C15H34N2O2. The van der Waals surface area contributed by atoms with Gasteiger partial charge in [0.05, 0.1) is 13.2 Å². The standard InChI is InChI=1S/C15H34N2O2/c1-5-16(6-2)10-14-18-12-9-13-19-15-11-17(7-3)8-4/h5-15H2,1-4H3. The fourth-order valence-corrected chi connectivity index (χ4v) is 1.93. The van der Waals surface area contributed by atoms with E-state index in [0.29, 0.717) is 0 Å². The molecule has 0 heterocycles. The maximum absolute atomic E-state index is 5.61. The summed E-state index contributed by atoms with van der Waals surface area (Å²) >= 11 is 0. The fraction of sp³-hybridized carbons (Fsp3) is 1.00. The van der Waals surface area contributed by atoms with Crippen molar-refractivity contribution in [1.29, 1.82) is 0 Å². The molecule has 0 unspecified atom stereocenters. The molecule has 0 aliphatic rings. The van der Waals surface area contributed by atoms with Crippen molar-refractivity contribution in [2.24, 2.45) is 0 Å². The van der Waals surface area contributed by atoms with Gasteiger partial charge in [0, 0.05) is 26.3 Å². The Hall–Kier alpha value is -0.160. The van der Waals surface area contributed by atoms with Crippen LogP contribution in [0.3, 0.4) is 0 Å². The van der Waals surface area contributed by atoms with Gasteiger partial charge in [0.25, 0.3) is 0 Å². The average Bonchev–Trinajstić information content (AvgIpc) is 2.45. The maximum atomic E-state index is 5.61. The number of hydrogen-bond acceptors (Lipinski definition) is 4. The summed E-state index contributed by atoms with van der Waals surface area (Å²) in [7, 11) is 0. The molecule has 0 atom stereocenters. The van der Waals surface area contributed by atoms with Crippen LogP contribution in [0.5, 0.6) is 0 Å². The summed E-state index contributed by atoms with van der Waals surface area (Å²) in [5.74, 6) is 0. The Morgan fingerprint density at radius 3 is 1.26 bits per heavy atom. The number of ether oxygens (including phenoxy) is 2. The van der Waals surface area contributed by atoms with Crippen LogP contribution in [-0.4, -0.2) is 75.5 Å². The molecule has 0 bridgehead atoms. The van der Waals surface area contributed by atoms with E-state index < -0.39 is 0 Å². The van der Waals surface area contributed by atoms with Crippen LogP contribution in [0.4, 0.5) is 0 Å². The predicted octanol–water partition coefficient (Wildman–Crippen LogP) is 2.09. The van der Waals surface area contributed by atoms with Gasteiger partial charge in [-0.2, -0.15) is 0 Å². The number of rotatable bonds is 14. The molecule has 0 spiro atoms. The first kappa shape index (κ1) is 18.8. The predicted molar refractivity (Wildman–Crippen MR) is 81.8 cm³/mol. The van der Waals surface area contributed by atoms with Gasteiger partial charge in [0.2, 0.25) is 0 Å². The van der Waals surface area contributed by atoms with Crippen LogP contribution in [0.15, 0.2) is 0 Å². The van der Waals surface area contributed by atoms with E-state index in [-0.39, 0.29) is 0 Å². The Balaban J connectivity index is 3.19. The maximum Gasteiger partial charge on any atom is 0.0593 e. The summed E-state index contributed by atoms with van der Waals surface area (Å²) in [5, 5.41) is 0. The quantitative estimate of drug-likeness (QED) is 0.453. The van der Waals surface area contributed by atoms with E-state index in [4.69, 9.17) is 9.47 Å². The minimum atomic E-state index is 0.812. The van der Waals surface area contributed by atoms with Gasteiger partial charge in [0.1, 0.15) is 0 Å². The fourth-order valence-electron chi connectivity index (χ4n) is 1.93. The van der Waals surface area contributed by atoms with E-state index in [1.165, 1.54) is 0 Å². The molecule has 0 fully saturated rings. The zero-order chi connectivity index (χ0) is 14.3. The molecule has 0 aromatic rings. The van der Waals surface area contributed by atoms with Crippen molar-refractivity contribution in [2.45, 2.75) is 34.1 Å². The molecule has 0 saturated carbocycles. The van der Waals surface area contributed by atoms with Crippen molar-refractivity contribution in [3.8, 4) is 0 Å². The van der Waals surface area contributed by atoms with Crippen molar-refractivity contribution < 1.29 is 9.47 Å². The third-order valence-electron chi connectivity index (χ3n) is 3.47. The lowest BCUT2D eigenvalue weighted by molar-refractivity contribution is 0.0644. The Labute approximate surface area is 120 Å². The Morgan fingerprint density at radius 1 is 0.579 bits per heavy atom. The molecule has 4 nitrogen and oxygen atoms in total. The largest absolute Gasteiger partial charge is 0.380 e. The van der Waals surface area contributed by atoms with Gasteiger partial charge in [-0.25, -0.2) is 0 Å². The molecule has 0 saturated heterocycles. The number of hydrogen-bond donors (Lipinski definition) is 0. The average molecular weight is 274 g/mol. The SMILES string of the molecule is CCN(CC)CCOCCCOCCN(CC)CC. The van der Waals surface area contributed by atoms with Gasteiger partial charge < -0.3 is 19.3 Å². The highest BCUT2D eigenvalue weighted by molar-refractivity contribution is 4.51. The lowest BCUT2D eigenvalue weighted by Crippen LogP contribution is -2.27. The summed E-state index contributed by atoms with van der Waals surface area (Å²) in [6, 6.07) is 0. The third kappa shape index (κ3) is 11.4. The van der Waals surface area contributed by atoms with Crippen LogP contribution in [0.25, 0.3) is 0 Å². The van der Waals surface area contributed by atoms with Gasteiger partial charge >= 0.3 is 0 Å². The van der Waals surface area contributed by atoms with Gasteiger partial charge in [0.15, 0.2) is 0 Å². The molecule has 0 N–H and O–H groups in total. The molecule has 0 radical (unpaired) electrons. The van der Waals surface area contributed by atoms with Crippen LogP contribution in [0.1, 0.15) is 34.1 Å². The normalized spacial score (nSPS) is 11.7. The van der Waals surface area contributed by atoms with Gasteiger partial charge in [-0.15, -0.1) is 0 Å². The molecule has 4 heteroatoms. The minimum Gasteiger partial charge on any atom is -0.380 e. The highest BCUT2D eigenvalue weighted by Gasteiger charge is 1.99. The van der Waals surface area contributed by atoms with Gasteiger partial charge in [-0.3, -0.25) is 0 Å². The summed E-state index contributed by atoms with van der Waals surface area (Å²) in [4.78, 5) is 4.75. The molecule has 0 aromatic carbocycles. The molecule has 0 amide bonds. The minimum absolute atomic E-state index is 0.812. The second kappa shape index (κ2) is 14.3. The summed E-state index contributed by atoms with van der Waals surface area (Å²) in [6.07, 6.45) is 0.997. The number of likely N-dealkylation sites (N-methyl/N-ethyl adjacent to an activating group) is 2. The van der Waals surface area contributed by atoms with Crippen molar-refractivity contribution in [1.82, 2.24) is 9.80 Å². The van der Waals surface area contributed by atoms with Crippen LogP contribution < -0.4 is 0 Å². The molecule has 0 aromatic heterocycles. The monoisotopic (exact) mass is 274 g/mol. The molecule has 0 aliphatic heterocycles. The second-order valence-electron chi connectivity index (χ2n) is 4.63. The topological polar surface area (TPSA) is 24.9 Å². The van der Waals surface area contributed by atoms with Crippen molar-refractivity contribution in [3.05, 3.63) is 0 Å². The van der Waals surface area contributed by atoms with Crippen LogP contribution in [-0.2, 0) is 9.47 Å². The van der Waals surface area contributed by atoms with Crippen molar-refractivity contribution in [3.63, 3.8) is 0 Å². The van der Waals surface area contributed by atoms with Gasteiger partial charge in [-0.1, -0.05) is 27.7 Å². The Kier molecular flexibility index (Phi) is 14.1. The smallest absolute Gasteiger partial charge is 0.0593 e. The first-order valence-corrected chi connectivity index (χ1v) is 7.88. The van der Waals surface area contributed by atoms with E-state index in [1.807, 2.05) is 0 Å². The molecular weight excluding hydrogens is 240 g/mol. The van der Waals surface area contributed by atoms with Gasteiger partial charge in [-0.05, 0) is 32.6 Å². The Bertz CT molecular complexity index is 154. The lowest BCUT2D eigenvalue weighted by atomic mass is 10.4. The lowest BCUT2D eigenvalue weighted by Gasteiger charge is -2.18. The number of nitrogens with zero attached hydrogens (tertiary/aromatic N) is 2. The molecule has 0 aliphatic carbocycles. The van der Waals surface area contributed by atoms with E-state index >= 15 is 0 Å². The van der Waals surface area contributed by atoms with E-state index in [2.05, 4.69) is 37.5 Å². The van der Waals surface area contributed by atoms with E-state index in [1.54, 1.807) is 0 Å². The van der Waals surface area contributed by atoms with Crippen LogP contribution in [0, 0.1) is 0 Å². The second-order valence-corrected chi connectivity index (χ2v) is 4.63. The van der Waals surface area contributed by atoms with E-state index in [0.717, 1.165) is 72.1 Å². The summed E-state index contributed by atoms with van der Waals surface area (Å²) in [6.45, 7) is 18.5. The molecule has 116 valence electrons. The zero-order valence-electron chi connectivity index (χ0n) is 13.5. The summed E-state index contributed by atoms with van der Waals surface area (Å²) < 4.78 is 11.2. The third-order valence-corrected chi connectivity index (χ3v) is 3.47. The highest BCUT2D eigenvalue weighted by Crippen LogP contribution is 1.91. The first-order valence-electron chi connectivity index (χ1n) is 7.88. The van der Waals surface area contributed by atoms with Crippen LogP contribution >= 0.6 is 0 Å². The zero-order valence-corrected chi connectivity index (χ0v) is 13.5. The van der Waals surface area contributed by atoms with Crippen molar-refractivity contribution in [2.75, 3.05) is 65.7 Å². The molecule has 0 rings (SSSR count). The first-order chi connectivity index (χ1) is 9.28.